The van der Waals surface area contributed by atoms with E-state index in [2.05, 4.69) is 0 Å². The van der Waals surface area contributed by atoms with E-state index in [-0.39, 0.29) is 6.61 Å². The lowest BCUT2D eigenvalue weighted by molar-refractivity contribution is -0.249. The fourth-order valence-corrected chi connectivity index (χ4v) is 2.49. The minimum atomic E-state index is -1.03. The highest BCUT2D eigenvalue weighted by molar-refractivity contribution is 5.83. The van der Waals surface area contributed by atoms with Gasteiger partial charge in [-0.15, -0.1) is 0 Å². The third kappa shape index (κ3) is 2.87. The minimum absolute atomic E-state index is 0.0132. The van der Waals surface area contributed by atoms with Crippen molar-refractivity contribution in [2.45, 2.75) is 24.6 Å². The number of benzene rings is 2. The maximum absolute atomic E-state index is 9.92. The second kappa shape index (κ2) is 5.99. The summed E-state index contributed by atoms with van der Waals surface area (Å²) in [6.45, 7) is 0.0132. The van der Waals surface area contributed by atoms with Gasteiger partial charge in [0.25, 0.3) is 0 Å². The Morgan fingerprint density at radius 2 is 1.86 bits per heavy atom. The first kappa shape index (κ1) is 14.3. The Morgan fingerprint density at radius 3 is 2.62 bits per heavy atom. The van der Waals surface area contributed by atoms with Crippen LogP contribution in [0.15, 0.2) is 42.5 Å². The largest absolute Gasteiger partial charge is 0.462 e. The molecule has 2 aromatic carbocycles. The van der Waals surface area contributed by atoms with Crippen LogP contribution in [0.3, 0.4) is 0 Å². The molecule has 0 bridgehead atoms. The number of rotatable bonds is 3. The highest BCUT2D eigenvalue weighted by atomic mass is 16.7. The molecule has 1 aliphatic heterocycles. The molecule has 0 saturated carbocycles. The molecule has 1 saturated heterocycles. The first-order valence-electron chi connectivity index (χ1n) is 6.85. The lowest BCUT2D eigenvalue weighted by Gasteiger charge is -2.36. The lowest BCUT2D eigenvalue weighted by atomic mass is 10.1. The summed E-state index contributed by atoms with van der Waals surface area (Å²) in [7, 11) is 1.45. The fraction of sp³-hybridized carbons (Fsp3) is 0.375. The Balaban J connectivity index is 1.80. The summed E-state index contributed by atoms with van der Waals surface area (Å²) in [4.78, 5) is 0. The molecule has 0 radical (unpaired) electrons. The van der Waals surface area contributed by atoms with Crippen molar-refractivity contribution in [3.8, 4) is 5.75 Å². The minimum Gasteiger partial charge on any atom is -0.462 e. The summed E-state index contributed by atoms with van der Waals surface area (Å²) in [5.41, 5.74) is 0. The zero-order valence-electron chi connectivity index (χ0n) is 11.7. The average Bonchev–Trinajstić information content (AvgIpc) is 2.51. The van der Waals surface area contributed by atoms with Crippen LogP contribution in [-0.2, 0) is 9.47 Å². The summed E-state index contributed by atoms with van der Waals surface area (Å²) >= 11 is 0. The van der Waals surface area contributed by atoms with Gasteiger partial charge >= 0.3 is 0 Å². The molecule has 1 fully saturated rings. The first-order valence-corrected chi connectivity index (χ1v) is 6.85. The van der Waals surface area contributed by atoms with Gasteiger partial charge in [0, 0.05) is 7.11 Å². The zero-order valence-corrected chi connectivity index (χ0v) is 11.7. The Hall–Kier alpha value is -1.66. The number of hydrogen-bond donors (Lipinski definition) is 2. The molecule has 0 aliphatic carbocycles. The number of aliphatic hydroxyl groups is 2. The van der Waals surface area contributed by atoms with Crippen molar-refractivity contribution in [3.63, 3.8) is 0 Å². The van der Waals surface area contributed by atoms with Gasteiger partial charge in [-0.3, -0.25) is 0 Å². The quantitative estimate of drug-likeness (QED) is 0.892. The number of ether oxygens (including phenoxy) is 3. The molecule has 0 unspecified atom stereocenters. The van der Waals surface area contributed by atoms with Gasteiger partial charge in [-0.05, 0) is 22.9 Å². The Morgan fingerprint density at radius 1 is 1.10 bits per heavy atom. The van der Waals surface area contributed by atoms with Gasteiger partial charge < -0.3 is 24.4 Å². The predicted molar refractivity (Wildman–Crippen MR) is 77.1 cm³/mol. The highest BCUT2D eigenvalue weighted by Crippen LogP contribution is 2.25. The van der Waals surface area contributed by atoms with Crippen molar-refractivity contribution in [1.82, 2.24) is 0 Å². The van der Waals surface area contributed by atoms with Gasteiger partial charge in [0.2, 0.25) is 6.29 Å². The van der Waals surface area contributed by atoms with Crippen molar-refractivity contribution in [2.75, 3.05) is 13.7 Å². The van der Waals surface area contributed by atoms with Crippen LogP contribution in [0.1, 0.15) is 0 Å². The summed E-state index contributed by atoms with van der Waals surface area (Å²) in [6, 6.07) is 13.7. The molecule has 2 N–H and O–H groups in total. The first-order chi connectivity index (χ1) is 10.2. The van der Waals surface area contributed by atoms with Crippen molar-refractivity contribution >= 4 is 10.8 Å². The van der Waals surface area contributed by atoms with E-state index in [0.717, 1.165) is 10.8 Å². The van der Waals surface area contributed by atoms with E-state index in [4.69, 9.17) is 14.2 Å². The lowest BCUT2D eigenvalue weighted by Crippen LogP contribution is -2.55. The zero-order chi connectivity index (χ0) is 14.8. The van der Waals surface area contributed by atoms with Crippen LogP contribution in [0.25, 0.3) is 10.8 Å². The smallest absolute Gasteiger partial charge is 0.229 e. The summed E-state index contributed by atoms with van der Waals surface area (Å²) in [5, 5.41) is 21.7. The Kier molecular flexibility index (Phi) is 4.07. The Labute approximate surface area is 122 Å². The Bertz CT molecular complexity index is 614. The average molecular weight is 290 g/mol. The molecule has 4 atom stereocenters. The van der Waals surface area contributed by atoms with Crippen LogP contribution in [0.4, 0.5) is 0 Å². The monoisotopic (exact) mass is 290 g/mol. The molecule has 3 rings (SSSR count). The second-order valence-electron chi connectivity index (χ2n) is 5.09. The van der Waals surface area contributed by atoms with Crippen molar-refractivity contribution in [1.29, 1.82) is 0 Å². The van der Waals surface area contributed by atoms with E-state index < -0.39 is 24.6 Å². The standard InChI is InChI=1S/C16H18O5/c1-19-15-14(18)13(17)9-20-16(15)21-12-7-6-10-4-2-3-5-11(10)8-12/h2-8,13-18H,9H2,1H3/t13-,14+,15-,16+/m1/s1. The van der Waals surface area contributed by atoms with Crippen LogP contribution >= 0.6 is 0 Å². The normalized spacial score (nSPS) is 29.5. The molecule has 0 amide bonds. The van der Waals surface area contributed by atoms with Crippen LogP contribution in [-0.4, -0.2) is 48.5 Å². The molecule has 1 aliphatic rings. The molecular formula is C16H18O5. The van der Waals surface area contributed by atoms with E-state index in [1.165, 1.54) is 7.11 Å². The molecule has 5 nitrogen and oxygen atoms in total. The van der Waals surface area contributed by atoms with E-state index in [1.54, 1.807) is 0 Å². The maximum atomic E-state index is 9.92. The third-order valence-electron chi connectivity index (χ3n) is 3.68. The van der Waals surface area contributed by atoms with Crippen LogP contribution in [0.5, 0.6) is 5.75 Å². The van der Waals surface area contributed by atoms with Crippen LogP contribution in [0.2, 0.25) is 0 Å². The molecule has 112 valence electrons. The molecule has 5 heteroatoms. The molecule has 0 aromatic heterocycles. The molecule has 0 spiro atoms. The van der Waals surface area contributed by atoms with Crippen LogP contribution in [0, 0.1) is 0 Å². The van der Waals surface area contributed by atoms with E-state index in [1.807, 2.05) is 42.5 Å². The summed E-state index contributed by atoms with van der Waals surface area (Å²) in [6.07, 6.45) is -3.49. The number of aliphatic hydroxyl groups excluding tert-OH is 2. The number of hydrogen-bond acceptors (Lipinski definition) is 5. The highest BCUT2D eigenvalue weighted by Gasteiger charge is 2.40. The van der Waals surface area contributed by atoms with Gasteiger partial charge in [0.1, 0.15) is 24.1 Å². The van der Waals surface area contributed by atoms with Gasteiger partial charge in [0.15, 0.2) is 0 Å². The fourth-order valence-electron chi connectivity index (χ4n) is 2.49. The van der Waals surface area contributed by atoms with Gasteiger partial charge in [0.05, 0.1) is 6.61 Å². The van der Waals surface area contributed by atoms with Crippen molar-refractivity contribution < 1.29 is 24.4 Å². The molecule has 21 heavy (non-hydrogen) atoms. The molecule has 1 heterocycles. The molecular weight excluding hydrogens is 272 g/mol. The maximum Gasteiger partial charge on any atom is 0.229 e. The van der Waals surface area contributed by atoms with E-state index in [9.17, 15) is 10.2 Å². The van der Waals surface area contributed by atoms with Gasteiger partial charge in [-0.25, -0.2) is 0 Å². The summed E-state index contributed by atoms with van der Waals surface area (Å²) < 4.78 is 16.4. The van der Waals surface area contributed by atoms with Gasteiger partial charge in [-0.2, -0.15) is 0 Å². The molecule has 2 aromatic rings. The second-order valence-corrected chi connectivity index (χ2v) is 5.09. The SMILES string of the molecule is CO[C@H]1[C@H](Oc2ccc3ccccc3c2)OC[C@@H](O)[C@@H]1O. The number of fused-ring (bicyclic) bond motifs is 1. The topological polar surface area (TPSA) is 68.2 Å². The van der Waals surface area contributed by atoms with Crippen molar-refractivity contribution in [2.24, 2.45) is 0 Å². The van der Waals surface area contributed by atoms with E-state index >= 15 is 0 Å². The summed E-state index contributed by atoms with van der Waals surface area (Å²) in [5.74, 6) is 0.629. The van der Waals surface area contributed by atoms with Crippen LogP contribution < -0.4 is 4.74 Å². The predicted octanol–water partition coefficient (Wildman–Crippen LogP) is 1.31. The number of methoxy groups -OCH3 is 1. The third-order valence-corrected chi connectivity index (χ3v) is 3.68. The van der Waals surface area contributed by atoms with E-state index in [0.29, 0.717) is 5.75 Å². The van der Waals surface area contributed by atoms with Gasteiger partial charge in [-0.1, -0.05) is 30.3 Å². The van der Waals surface area contributed by atoms with Crippen molar-refractivity contribution in [3.05, 3.63) is 42.5 Å².